The summed E-state index contributed by atoms with van der Waals surface area (Å²) < 4.78 is 5.37. The van der Waals surface area contributed by atoms with Gasteiger partial charge in [-0.25, -0.2) is 0 Å². The van der Waals surface area contributed by atoms with E-state index in [1.54, 1.807) is 7.11 Å². The number of carbonyl (C=O) groups excluding carboxylic acids is 1. The van der Waals surface area contributed by atoms with Crippen molar-refractivity contribution in [3.8, 4) is 5.75 Å². The first-order chi connectivity index (χ1) is 8.83. The summed E-state index contributed by atoms with van der Waals surface area (Å²) >= 11 is 0. The zero-order chi connectivity index (χ0) is 14.5. The third-order valence-corrected chi connectivity index (χ3v) is 2.86. The second kappa shape index (κ2) is 6.57. The molecule has 19 heavy (non-hydrogen) atoms. The molecule has 1 rings (SSSR count). The molecule has 1 aromatic rings. The SMILES string of the molecule is COc1c(C)cccc1CCC(=O)NCC(C)(C)N. The van der Waals surface area contributed by atoms with Crippen molar-refractivity contribution in [3.63, 3.8) is 0 Å². The number of amides is 1. The summed E-state index contributed by atoms with van der Waals surface area (Å²) in [7, 11) is 1.66. The maximum atomic E-state index is 11.7. The van der Waals surface area contributed by atoms with Gasteiger partial charge in [0.25, 0.3) is 0 Å². The Kier molecular flexibility index (Phi) is 5.36. The van der Waals surface area contributed by atoms with Gasteiger partial charge in [0.05, 0.1) is 7.11 Å². The monoisotopic (exact) mass is 264 g/mol. The van der Waals surface area contributed by atoms with Crippen LogP contribution in [-0.2, 0) is 11.2 Å². The fraction of sp³-hybridized carbons (Fsp3) is 0.533. The van der Waals surface area contributed by atoms with Crippen LogP contribution in [0, 0.1) is 6.92 Å². The topological polar surface area (TPSA) is 64.3 Å². The van der Waals surface area contributed by atoms with E-state index < -0.39 is 0 Å². The molecule has 0 atom stereocenters. The Labute approximate surface area is 115 Å². The lowest BCUT2D eigenvalue weighted by Gasteiger charge is -2.19. The molecule has 1 amide bonds. The molecule has 106 valence electrons. The number of methoxy groups -OCH3 is 1. The standard InChI is InChI=1S/C15H24N2O2/c1-11-6-5-7-12(14(11)19-4)8-9-13(18)17-10-15(2,3)16/h5-7H,8-10,16H2,1-4H3,(H,17,18). The lowest BCUT2D eigenvalue weighted by molar-refractivity contribution is -0.121. The van der Waals surface area contributed by atoms with E-state index in [0.29, 0.717) is 19.4 Å². The van der Waals surface area contributed by atoms with Crippen LogP contribution in [0.5, 0.6) is 5.75 Å². The first kappa shape index (κ1) is 15.5. The van der Waals surface area contributed by atoms with Crippen molar-refractivity contribution in [2.24, 2.45) is 5.73 Å². The molecule has 0 aliphatic heterocycles. The van der Waals surface area contributed by atoms with Gasteiger partial charge in [-0.1, -0.05) is 18.2 Å². The number of carbonyl (C=O) groups is 1. The van der Waals surface area contributed by atoms with E-state index in [-0.39, 0.29) is 11.4 Å². The Bertz CT molecular complexity index is 436. The number of hydrogen-bond acceptors (Lipinski definition) is 3. The van der Waals surface area contributed by atoms with E-state index in [0.717, 1.165) is 16.9 Å². The quantitative estimate of drug-likeness (QED) is 0.823. The summed E-state index contributed by atoms with van der Waals surface area (Å²) in [6.07, 6.45) is 1.11. The molecular weight excluding hydrogens is 240 g/mol. The summed E-state index contributed by atoms with van der Waals surface area (Å²) in [5.41, 5.74) is 7.59. The van der Waals surface area contributed by atoms with Crippen molar-refractivity contribution in [1.82, 2.24) is 5.32 Å². The zero-order valence-corrected chi connectivity index (χ0v) is 12.2. The van der Waals surface area contributed by atoms with E-state index in [1.165, 1.54) is 0 Å². The largest absolute Gasteiger partial charge is 0.496 e. The van der Waals surface area contributed by atoms with Gasteiger partial charge in [-0.15, -0.1) is 0 Å². The van der Waals surface area contributed by atoms with Gasteiger partial charge in [0.2, 0.25) is 5.91 Å². The van der Waals surface area contributed by atoms with Crippen LogP contribution in [0.25, 0.3) is 0 Å². The van der Waals surface area contributed by atoms with E-state index >= 15 is 0 Å². The van der Waals surface area contributed by atoms with Crippen LogP contribution in [0.1, 0.15) is 31.4 Å². The van der Waals surface area contributed by atoms with E-state index in [2.05, 4.69) is 5.32 Å². The number of hydrogen-bond donors (Lipinski definition) is 2. The van der Waals surface area contributed by atoms with E-state index in [1.807, 2.05) is 39.0 Å². The van der Waals surface area contributed by atoms with Gasteiger partial charge in [-0.2, -0.15) is 0 Å². The first-order valence-electron chi connectivity index (χ1n) is 6.51. The number of aryl methyl sites for hydroxylation is 2. The molecule has 1 aromatic carbocycles. The average Bonchev–Trinajstić information content (AvgIpc) is 2.33. The highest BCUT2D eigenvalue weighted by atomic mass is 16.5. The number of nitrogens with two attached hydrogens (primary N) is 1. The Morgan fingerprint density at radius 2 is 2.11 bits per heavy atom. The molecule has 0 unspecified atom stereocenters. The van der Waals surface area contributed by atoms with Gasteiger partial charge in [0, 0.05) is 18.5 Å². The molecule has 0 radical (unpaired) electrons. The van der Waals surface area contributed by atoms with Crippen LogP contribution in [0.15, 0.2) is 18.2 Å². The van der Waals surface area contributed by atoms with Crippen LogP contribution in [-0.4, -0.2) is 25.1 Å². The highest BCUT2D eigenvalue weighted by molar-refractivity contribution is 5.76. The summed E-state index contributed by atoms with van der Waals surface area (Å²) in [5.74, 6) is 0.886. The molecule has 0 aliphatic carbocycles. The number of benzene rings is 1. The van der Waals surface area contributed by atoms with Gasteiger partial charge in [-0.3, -0.25) is 4.79 Å². The molecule has 0 heterocycles. The van der Waals surface area contributed by atoms with Crippen molar-refractivity contribution in [2.75, 3.05) is 13.7 Å². The van der Waals surface area contributed by atoms with Gasteiger partial charge in [0.15, 0.2) is 0 Å². The predicted octanol–water partition coefficient (Wildman–Crippen LogP) is 1.79. The lowest BCUT2D eigenvalue weighted by Crippen LogP contribution is -2.45. The third-order valence-electron chi connectivity index (χ3n) is 2.86. The molecule has 0 spiro atoms. The zero-order valence-electron chi connectivity index (χ0n) is 12.2. The number of rotatable bonds is 6. The van der Waals surface area contributed by atoms with Crippen LogP contribution in [0.2, 0.25) is 0 Å². The van der Waals surface area contributed by atoms with Gasteiger partial charge in [0.1, 0.15) is 5.75 Å². The molecule has 3 N–H and O–H groups in total. The van der Waals surface area contributed by atoms with Gasteiger partial charge in [-0.05, 0) is 38.3 Å². The molecule has 0 aliphatic rings. The smallest absolute Gasteiger partial charge is 0.220 e. The maximum Gasteiger partial charge on any atom is 0.220 e. The highest BCUT2D eigenvalue weighted by Gasteiger charge is 2.13. The molecule has 0 aromatic heterocycles. The Hall–Kier alpha value is -1.55. The summed E-state index contributed by atoms with van der Waals surface area (Å²) in [4.78, 5) is 11.7. The Balaban J connectivity index is 2.53. The second-order valence-corrected chi connectivity index (χ2v) is 5.53. The van der Waals surface area contributed by atoms with Crippen molar-refractivity contribution < 1.29 is 9.53 Å². The van der Waals surface area contributed by atoms with Crippen LogP contribution < -0.4 is 15.8 Å². The average molecular weight is 264 g/mol. The number of para-hydroxylation sites is 1. The Morgan fingerprint density at radius 3 is 2.68 bits per heavy atom. The summed E-state index contributed by atoms with van der Waals surface area (Å²) in [5, 5.41) is 2.84. The maximum absolute atomic E-state index is 11.7. The number of ether oxygens (including phenoxy) is 1. The van der Waals surface area contributed by atoms with Crippen molar-refractivity contribution in [1.29, 1.82) is 0 Å². The molecule has 4 nitrogen and oxygen atoms in total. The molecule has 0 fully saturated rings. The van der Waals surface area contributed by atoms with Gasteiger partial charge >= 0.3 is 0 Å². The molecule has 0 bridgehead atoms. The van der Waals surface area contributed by atoms with Crippen molar-refractivity contribution in [2.45, 2.75) is 39.2 Å². The highest BCUT2D eigenvalue weighted by Crippen LogP contribution is 2.23. The minimum Gasteiger partial charge on any atom is -0.496 e. The van der Waals surface area contributed by atoms with Crippen molar-refractivity contribution >= 4 is 5.91 Å². The van der Waals surface area contributed by atoms with Gasteiger partial charge < -0.3 is 15.8 Å². The fourth-order valence-corrected chi connectivity index (χ4v) is 1.87. The molecular formula is C15H24N2O2. The minimum atomic E-state index is -0.378. The number of nitrogens with one attached hydrogen (secondary N) is 1. The minimum absolute atomic E-state index is 0.0158. The van der Waals surface area contributed by atoms with Crippen LogP contribution >= 0.6 is 0 Å². The predicted molar refractivity (Wildman–Crippen MR) is 77.3 cm³/mol. The second-order valence-electron chi connectivity index (χ2n) is 5.53. The first-order valence-corrected chi connectivity index (χ1v) is 6.51. The van der Waals surface area contributed by atoms with Crippen LogP contribution in [0.3, 0.4) is 0 Å². The summed E-state index contributed by atoms with van der Waals surface area (Å²) in [6, 6.07) is 5.97. The molecule has 0 saturated carbocycles. The molecule has 4 heteroatoms. The normalized spacial score (nSPS) is 11.2. The molecule has 0 saturated heterocycles. The van der Waals surface area contributed by atoms with Crippen LogP contribution in [0.4, 0.5) is 0 Å². The Morgan fingerprint density at radius 1 is 1.42 bits per heavy atom. The lowest BCUT2D eigenvalue weighted by atomic mass is 10.0. The van der Waals surface area contributed by atoms with E-state index in [9.17, 15) is 4.79 Å². The van der Waals surface area contributed by atoms with E-state index in [4.69, 9.17) is 10.5 Å². The third kappa shape index (κ3) is 5.30. The fourth-order valence-electron chi connectivity index (χ4n) is 1.87. The summed E-state index contributed by atoms with van der Waals surface area (Å²) in [6.45, 7) is 6.25. The van der Waals surface area contributed by atoms with Crippen molar-refractivity contribution in [3.05, 3.63) is 29.3 Å².